The van der Waals surface area contributed by atoms with Gasteiger partial charge in [-0.2, -0.15) is 17.7 Å². The summed E-state index contributed by atoms with van der Waals surface area (Å²) < 4.78 is 1.65. The molecule has 0 aliphatic heterocycles. The van der Waals surface area contributed by atoms with Gasteiger partial charge in [0.2, 0.25) is 0 Å². The van der Waals surface area contributed by atoms with Crippen molar-refractivity contribution in [3.63, 3.8) is 0 Å². The molecule has 0 fully saturated rings. The van der Waals surface area contributed by atoms with E-state index in [1.807, 2.05) is 12.1 Å². The molecule has 0 atom stereocenters. The average Bonchev–Trinajstić information content (AvgIpc) is 3.29. The van der Waals surface area contributed by atoms with Crippen LogP contribution in [0.1, 0.15) is 18.9 Å². The van der Waals surface area contributed by atoms with Crippen LogP contribution in [0.5, 0.6) is 0 Å². The molecule has 4 aromatic rings. The quantitative estimate of drug-likeness (QED) is 0.335. The van der Waals surface area contributed by atoms with Crippen molar-refractivity contribution < 1.29 is 51.0 Å². The Morgan fingerprint density at radius 1 is 1.08 bits per heavy atom. The summed E-state index contributed by atoms with van der Waals surface area (Å²) in [4.78, 5) is 0. The van der Waals surface area contributed by atoms with Gasteiger partial charge in [0, 0.05) is 0 Å². The number of rotatable bonds is 3. The van der Waals surface area contributed by atoms with Crippen molar-refractivity contribution >= 4 is 10.8 Å². The fourth-order valence-corrected chi connectivity index (χ4v) is 2.42. The maximum Gasteiger partial charge on any atom is 4.00 e. The van der Waals surface area contributed by atoms with Gasteiger partial charge in [-0.15, -0.1) is 46.2 Å². The molecular formula is C18H18Cl2N4Zr. The van der Waals surface area contributed by atoms with Gasteiger partial charge in [0.05, 0.1) is 0 Å². The third kappa shape index (κ3) is 6.50. The number of halogens is 2. The molecule has 7 heteroatoms. The molecule has 0 unspecified atom stereocenters. The number of nitrogens with zero attached hydrogens (tertiary/aromatic N) is 4. The molecule has 0 saturated heterocycles. The second-order valence-electron chi connectivity index (χ2n) is 5.14. The van der Waals surface area contributed by atoms with Crippen LogP contribution in [-0.4, -0.2) is 20.2 Å². The van der Waals surface area contributed by atoms with Crippen molar-refractivity contribution in [1.29, 1.82) is 0 Å². The van der Waals surface area contributed by atoms with Gasteiger partial charge >= 0.3 is 26.2 Å². The first kappa shape index (κ1) is 23.7. The van der Waals surface area contributed by atoms with E-state index in [9.17, 15) is 0 Å². The summed E-state index contributed by atoms with van der Waals surface area (Å²) in [7, 11) is 0. The number of aryl methyl sites for hydroxylation is 1. The maximum absolute atomic E-state index is 3.84. The zero-order valence-corrected chi connectivity index (χ0v) is 17.8. The summed E-state index contributed by atoms with van der Waals surface area (Å²) in [5, 5.41) is 13.5. The van der Waals surface area contributed by atoms with E-state index in [4.69, 9.17) is 0 Å². The van der Waals surface area contributed by atoms with Crippen molar-refractivity contribution in [3.05, 3.63) is 72.6 Å². The van der Waals surface area contributed by atoms with Crippen molar-refractivity contribution in [1.82, 2.24) is 20.2 Å². The Kier molecular flexibility index (Phi) is 11.5. The summed E-state index contributed by atoms with van der Waals surface area (Å²) in [5.74, 6) is 0. The number of fused-ring (bicyclic) bond motifs is 1. The minimum absolute atomic E-state index is 0. The molecule has 0 amide bonds. The van der Waals surface area contributed by atoms with Crippen LogP contribution in [0.25, 0.3) is 16.5 Å². The molecule has 0 spiro atoms. The standard InChI is InChI=1S/C10H7N4.C8H11.2ClH.Zr/c1-2-4-9-6-10(5-8(9)3-1)14-7-11-12-13-14;1-2-5-8-6-3-4-7-8;;;/h1-7H;3-4,6-7H,2,5H2,1H3;2*1H;/q2*-1;;;+4/p-2. The fraction of sp³-hybridized carbons (Fsp3) is 0.167. The van der Waals surface area contributed by atoms with Crippen LogP contribution >= 0.6 is 0 Å². The van der Waals surface area contributed by atoms with E-state index in [2.05, 4.69) is 71.0 Å². The summed E-state index contributed by atoms with van der Waals surface area (Å²) >= 11 is 0. The van der Waals surface area contributed by atoms with Crippen LogP contribution in [0.3, 0.4) is 0 Å². The van der Waals surface area contributed by atoms with E-state index in [0.717, 1.165) is 5.69 Å². The fourth-order valence-electron chi connectivity index (χ4n) is 2.42. The number of tetrazole rings is 1. The summed E-state index contributed by atoms with van der Waals surface area (Å²) in [6.45, 7) is 2.20. The molecule has 25 heavy (non-hydrogen) atoms. The van der Waals surface area contributed by atoms with E-state index >= 15 is 0 Å². The van der Waals surface area contributed by atoms with Crippen LogP contribution in [0, 0.1) is 0 Å². The molecule has 4 nitrogen and oxygen atoms in total. The number of hydrogen-bond acceptors (Lipinski definition) is 3. The predicted octanol–water partition coefficient (Wildman–Crippen LogP) is -2.10. The minimum atomic E-state index is 0. The van der Waals surface area contributed by atoms with E-state index in [0.29, 0.717) is 0 Å². The molecule has 0 aliphatic rings. The molecule has 0 bridgehead atoms. The first-order valence-corrected chi connectivity index (χ1v) is 7.46. The zero-order valence-electron chi connectivity index (χ0n) is 13.8. The summed E-state index contributed by atoms with van der Waals surface area (Å²) in [5.41, 5.74) is 2.46. The second-order valence-corrected chi connectivity index (χ2v) is 5.14. The van der Waals surface area contributed by atoms with Crippen molar-refractivity contribution in [2.45, 2.75) is 19.8 Å². The van der Waals surface area contributed by atoms with E-state index in [1.165, 1.54) is 29.2 Å². The van der Waals surface area contributed by atoms with E-state index < -0.39 is 0 Å². The van der Waals surface area contributed by atoms with Gasteiger partial charge in [0.1, 0.15) is 6.33 Å². The largest absolute Gasteiger partial charge is 4.00 e. The molecule has 0 aliphatic carbocycles. The van der Waals surface area contributed by atoms with Crippen molar-refractivity contribution in [3.8, 4) is 5.69 Å². The first-order valence-electron chi connectivity index (χ1n) is 7.46. The molecule has 3 aromatic carbocycles. The second kappa shape index (κ2) is 12.1. The van der Waals surface area contributed by atoms with Crippen LogP contribution in [0.4, 0.5) is 0 Å². The zero-order chi connectivity index (χ0) is 15.2. The van der Waals surface area contributed by atoms with Crippen LogP contribution < -0.4 is 24.8 Å². The van der Waals surface area contributed by atoms with Gasteiger partial charge in [-0.1, -0.05) is 25.8 Å². The SMILES string of the molecule is CCC[c-]1cccc1.[Cl-].[Cl-].[Zr+4].c1ccc2[cH-]c(-n3cnnn3)cc2c1. The smallest absolute Gasteiger partial charge is 1.00 e. The Balaban J connectivity index is 0.000000462. The molecule has 0 saturated carbocycles. The molecule has 1 heterocycles. The monoisotopic (exact) mass is 450 g/mol. The normalized spacial score (nSPS) is 9.16. The van der Waals surface area contributed by atoms with Gasteiger partial charge in [-0.25, -0.2) is 16.8 Å². The summed E-state index contributed by atoms with van der Waals surface area (Å²) in [6.07, 6.45) is 4.07. The van der Waals surface area contributed by atoms with Crippen LogP contribution in [0.15, 0.2) is 67.0 Å². The Labute approximate surface area is 179 Å². The Morgan fingerprint density at radius 2 is 1.80 bits per heavy atom. The molecule has 1 aromatic heterocycles. The molecule has 4 rings (SSSR count). The van der Waals surface area contributed by atoms with Gasteiger partial charge in [0.15, 0.2) is 0 Å². The maximum atomic E-state index is 3.84. The van der Waals surface area contributed by atoms with Gasteiger partial charge in [-0.3, -0.25) is 0 Å². The van der Waals surface area contributed by atoms with Gasteiger partial charge in [0.25, 0.3) is 0 Å². The minimum Gasteiger partial charge on any atom is -1.00 e. The van der Waals surface area contributed by atoms with Crippen LogP contribution in [0.2, 0.25) is 0 Å². The average molecular weight is 453 g/mol. The molecular weight excluding hydrogens is 434 g/mol. The Bertz CT molecular complexity index is 778. The third-order valence-corrected chi connectivity index (χ3v) is 3.49. The Morgan fingerprint density at radius 3 is 2.40 bits per heavy atom. The van der Waals surface area contributed by atoms with Crippen molar-refractivity contribution in [2.75, 3.05) is 0 Å². The predicted molar refractivity (Wildman–Crippen MR) is 88.3 cm³/mol. The Hall–Kier alpha value is -1.29. The van der Waals surface area contributed by atoms with E-state index in [-0.39, 0.29) is 51.0 Å². The van der Waals surface area contributed by atoms with Gasteiger partial charge in [-0.05, 0) is 16.1 Å². The topological polar surface area (TPSA) is 43.6 Å². The molecule has 0 N–H and O–H groups in total. The van der Waals surface area contributed by atoms with Crippen LogP contribution in [-0.2, 0) is 32.6 Å². The molecule has 128 valence electrons. The third-order valence-electron chi connectivity index (χ3n) is 3.49. The van der Waals surface area contributed by atoms with Gasteiger partial charge < -0.3 is 24.8 Å². The summed E-state index contributed by atoms with van der Waals surface area (Å²) in [6, 6.07) is 20.8. The van der Waals surface area contributed by atoms with Crippen molar-refractivity contribution in [2.24, 2.45) is 0 Å². The first-order chi connectivity index (χ1) is 10.9. The molecule has 0 radical (unpaired) electrons. The van der Waals surface area contributed by atoms with E-state index in [1.54, 1.807) is 11.0 Å². The number of benzene rings is 1. The number of hydrogen-bond donors (Lipinski definition) is 0. The number of aromatic nitrogens is 4.